The van der Waals surface area contributed by atoms with Crippen LogP contribution in [-0.2, 0) is 4.79 Å². The second-order valence-electron chi connectivity index (χ2n) is 6.49. The van der Waals surface area contributed by atoms with Gasteiger partial charge in [-0.1, -0.05) is 47.5 Å². The molecule has 3 atom stereocenters. The predicted molar refractivity (Wildman–Crippen MR) is 108 cm³/mol. The summed E-state index contributed by atoms with van der Waals surface area (Å²) >= 11 is 12.7. The summed E-state index contributed by atoms with van der Waals surface area (Å²) in [4.78, 5) is 12.7. The molecule has 1 amide bonds. The SMILES string of the molecule is O=C(N[C@H](CF)[C@H](O)c1ccc(-c2ccc(C3CCCN3)s2)cc1)C(Cl)Cl. The summed E-state index contributed by atoms with van der Waals surface area (Å²) in [5, 5.41) is 16.2. The fourth-order valence-corrected chi connectivity index (χ4v) is 4.40. The highest BCUT2D eigenvalue weighted by Gasteiger charge is 2.25. The van der Waals surface area contributed by atoms with Gasteiger partial charge >= 0.3 is 0 Å². The average Bonchev–Trinajstić information content (AvgIpc) is 3.36. The monoisotopic (exact) mass is 430 g/mol. The zero-order valence-electron chi connectivity index (χ0n) is 14.5. The molecule has 2 heterocycles. The third kappa shape index (κ3) is 5.00. The first-order valence-electron chi connectivity index (χ1n) is 8.75. The number of carbonyl (C=O) groups is 1. The van der Waals surface area contributed by atoms with Crippen molar-refractivity contribution in [2.24, 2.45) is 0 Å². The van der Waals surface area contributed by atoms with Gasteiger partial charge in [0.2, 0.25) is 0 Å². The maximum absolute atomic E-state index is 13.2. The minimum absolute atomic E-state index is 0.437. The van der Waals surface area contributed by atoms with Gasteiger partial charge in [-0.25, -0.2) is 4.39 Å². The van der Waals surface area contributed by atoms with Crippen LogP contribution in [0.3, 0.4) is 0 Å². The van der Waals surface area contributed by atoms with Crippen LogP contribution in [0.2, 0.25) is 0 Å². The van der Waals surface area contributed by atoms with Crippen LogP contribution in [0.4, 0.5) is 4.39 Å². The van der Waals surface area contributed by atoms with Gasteiger partial charge in [0, 0.05) is 15.8 Å². The molecule has 3 rings (SSSR count). The number of rotatable bonds is 7. The van der Waals surface area contributed by atoms with Crippen LogP contribution in [-0.4, -0.2) is 35.1 Å². The molecular weight excluding hydrogens is 410 g/mol. The van der Waals surface area contributed by atoms with Crippen LogP contribution in [0.15, 0.2) is 36.4 Å². The molecule has 1 aliphatic heterocycles. The van der Waals surface area contributed by atoms with Crippen molar-refractivity contribution < 1.29 is 14.3 Å². The van der Waals surface area contributed by atoms with Gasteiger partial charge in [0.15, 0.2) is 4.84 Å². The number of alkyl halides is 3. The van der Waals surface area contributed by atoms with E-state index in [-0.39, 0.29) is 0 Å². The number of thiophene rings is 1. The first kappa shape index (κ1) is 20.6. The van der Waals surface area contributed by atoms with Gasteiger partial charge in [-0.15, -0.1) is 11.3 Å². The number of hydrogen-bond acceptors (Lipinski definition) is 4. The number of aliphatic hydroxyl groups excluding tert-OH is 1. The lowest BCUT2D eigenvalue weighted by atomic mass is 10.0. The van der Waals surface area contributed by atoms with E-state index in [9.17, 15) is 14.3 Å². The van der Waals surface area contributed by atoms with E-state index in [4.69, 9.17) is 23.2 Å². The summed E-state index contributed by atoms with van der Waals surface area (Å²) in [6.07, 6.45) is 1.17. The molecule has 146 valence electrons. The first-order valence-corrected chi connectivity index (χ1v) is 10.4. The van der Waals surface area contributed by atoms with Gasteiger partial charge in [-0.2, -0.15) is 0 Å². The second-order valence-corrected chi connectivity index (χ2v) is 8.70. The number of benzene rings is 1. The number of hydrogen-bond donors (Lipinski definition) is 3. The van der Waals surface area contributed by atoms with E-state index in [1.807, 2.05) is 12.1 Å². The van der Waals surface area contributed by atoms with E-state index in [1.54, 1.807) is 23.5 Å². The van der Waals surface area contributed by atoms with Crippen LogP contribution in [0.25, 0.3) is 10.4 Å². The van der Waals surface area contributed by atoms with Crippen molar-refractivity contribution in [3.63, 3.8) is 0 Å². The summed E-state index contributed by atoms with van der Waals surface area (Å²) in [6, 6.07) is 10.8. The summed E-state index contributed by atoms with van der Waals surface area (Å²) in [5.74, 6) is -0.733. The molecule has 8 heteroatoms. The largest absolute Gasteiger partial charge is 0.386 e. The maximum atomic E-state index is 13.2. The Morgan fingerprint density at radius 3 is 2.63 bits per heavy atom. The van der Waals surface area contributed by atoms with E-state index in [2.05, 4.69) is 22.8 Å². The third-order valence-electron chi connectivity index (χ3n) is 4.64. The lowest BCUT2D eigenvalue weighted by molar-refractivity contribution is -0.121. The van der Waals surface area contributed by atoms with Crippen molar-refractivity contribution in [2.75, 3.05) is 13.2 Å². The molecule has 3 N–H and O–H groups in total. The van der Waals surface area contributed by atoms with E-state index < -0.39 is 29.6 Å². The summed E-state index contributed by atoms with van der Waals surface area (Å²) in [5.41, 5.74) is 1.54. The Morgan fingerprint density at radius 2 is 2.04 bits per heavy atom. The smallest absolute Gasteiger partial charge is 0.253 e. The van der Waals surface area contributed by atoms with Crippen molar-refractivity contribution in [3.05, 3.63) is 46.8 Å². The quantitative estimate of drug-likeness (QED) is 0.578. The number of carbonyl (C=O) groups excluding carboxylic acids is 1. The number of halogens is 3. The van der Waals surface area contributed by atoms with Crippen LogP contribution >= 0.6 is 34.5 Å². The van der Waals surface area contributed by atoms with Crippen molar-refractivity contribution in [1.82, 2.24) is 10.6 Å². The molecule has 0 bridgehead atoms. The standard InChI is InChI=1S/C19H21Cl2FN2O2S/c20-18(21)19(26)24-14(10-22)17(25)12-5-3-11(4-6-12)15-7-8-16(27-15)13-2-1-9-23-13/h3-8,13-14,17-18,23,25H,1-2,9-10H2,(H,24,26)/t13?,14-,17-/m1/s1. The Labute approximate surface area is 171 Å². The fourth-order valence-electron chi connectivity index (χ4n) is 3.15. The number of amides is 1. The molecule has 0 radical (unpaired) electrons. The normalized spacial score (nSPS) is 19.2. The predicted octanol–water partition coefficient (Wildman–Crippen LogP) is 4.13. The molecule has 1 aliphatic rings. The molecule has 0 spiro atoms. The molecule has 1 unspecified atom stereocenters. The van der Waals surface area contributed by atoms with Crippen molar-refractivity contribution in [1.29, 1.82) is 0 Å². The highest BCUT2D eigenvalue weighted by Crippen LogP contribution is 2.35. The van der Waals surface area contributed by atoms with Gasteiger partial charge in [0.25, 0.3) is 5.91 Å². The lowest BCUT2D eigenvalue weighted by Crippen LogP contribution is -2.43. The Morgan fingerprint density at radius 1 is 1.30 bits per heavy atom. The summed E-state index contributed by atoms with van der Waals surface area (Å²) < 4.78 is 13.2. The van der Waals surface area contributed by atoms with Gasteiger partial charge < -0.3 is 15.7 Å². The number of nitrogens with one attached hydrogen (secondary N) is 2. The van der Waals surface area contributed by atoms with Gasteiger partial charge in [0.05, 0.1) is 6.04 Å². The Bertz CT molecular complexity index is 763. The van der Waals surface area contributed by atoms with Gasteiger partial charge in [-0.3, -0.25) is 4.79 Å². The Kier molecular flexibility index (Phi) is 7.11. The van der Waals surface area contributed by atoms with Crippen molar-refractivity contribution >= 4 is 40.4 Å². The maximum Gasteiger partial charge on any atom is 0.253 e. The van der Waals surface area contributed by atoms with Gasteiger partial charge in [-0.05, 0) is 42.6 Å². The van der Waals surface area contributed by atoms with Crippen molar-refractivity contribution in [3.8, 4) is 10.4 Å². The highest BCUT2D eigenvalue weighted by molar-refractivity contribution is 7.15. The van der Waals surface area contributed by atoms with Crippen LogP contribution < -0.4 is 10.6 Å². The van der Waals surface area contributed by atoms with E-state index in [0.717, 1.165) is 23.4 Å². The summed E-state index contributed by atoms with van der Waals surface area (Å²) in [7, 11) is 0. The third-order valence-corrected chi connectivity index (χ3v) is 6.28. The summed E-state index contributed by atoms with van der Waals surface area (Å²) in [6.45, 7) is 0.128. The minimum Gasteiger partial charge on any atom is -0.386 e. The van der Waals surface area contributed by atoms with E-state index in [0.29, 0.717) is 11.6 Å². The fraction of sp³-hybridized carbons (Fsp3) is 0.421. The molecule has 1 saturated heterocycles. The first-order chi connectivity index (χ1) is 13.0. The molecule has 27 heavy (non-hydrogen) atoms. The molecule has 1 fully saturated rings. The molecule has 4 nitrogen and oxygen atoms in total. The number of aliphatic hydroxyl groups is 1. The molecule has 0 aliphatic carbocycles. The van der Waals surface area contributed by atoms with Crippen LogP contribution in [0.1, 0.15) is 35.4 Å². The van der Waals surface area contributed by atoms with Crippen LogP contribution in [0, 0.1) is 0 Å². The molecule has 1 aromatic carbocycles. The second kappa shape index (κ2) is 9.34. The van der Waals surface area contributed by atoms with E-state index >= 15 is 0 Å². The molecule has 0 saturated carbocycles. The Balaban J connectivity index is 1.69. The molecule has 1 aromatic heterocycles. The zero-order chi connectivity index (χ0) is 19.4. The lowest BCUT2D eigenvalue weighted by Gasteiger charge is -2.22. The van der Waals surface area contributed by atoms with E-state index in [1.165, 1.54) is 11.3 Å². The molecular formula is C19H21Cl2FN2O2S. The average molecular weight is 431 g/mol. The topological polar surface area (TPSA) is 61.4 Å². The Hall–Kier alpha value is -1.18. The van der Waals surface area contributed by atoms with Crippen LogP contribution in [0.5, 0.6) is 0 Å². The molecule has 2 aromatic rings. The minimum atomic E-state index is -1.31. The van der Waals surface area contributed by atoms with Gasteiger partial charge in [0.1, 0.15) is 12.8 Å². The highest BCUT2D eigenvalue weighted by atomic mass is 35.5. The zero-order valence-corrected chi connectivity index (χ0v) is 16.8. The van der Waals surface area contributed by atoms with Crippen molar-refractivity contribution in [2.45, 2.75) is 35.9 Å².